The van der Waals surface area contributed by atoms with Gasteiger partial charge in [0.1, 0.15) is 24.4 Å². The number of aliphatic hydroxyl groups excluding tert-OH is 4. The smallest absolute Gasteiger partial charge is 0.790 e. The average Bonchev–Trinajstić information content (AvgIpc) is 2.43. The molecule has 0 aromatic carbocycles. The van der Waals surface area contributed by atoms with Crippen LogP contribution in [0.25, 0.3) is 0 Å². The summed E-state index contributed by atoms with van der Waals surface area (Å²) in [4.78, 5) is 20.7. The van der Waals surface area contributed by atoms with Crippen molar-refractivity contribution in [3.8, 4) is 0 Å². The molecule has 0 bridgehead atoms. The number of hydrogen-bond acceptors (Lipinski definition) is 9. The summed E-state index contributed by atoms with van der Waals surface area (Å²) < 4.78 is 18.9. The van der Waals surface area contributed by atoms with Gasteiger partial charge in [-0.25, -0.2) is 0 Å². The van der Waals surface area contributed by atoms with Crippen LogP contribution in [0.5, 0.6) is 0 Å². The molecule has 0 aliphatic carbocycles. The maximum Gasteiger partial charge on any atom is 2.00 e. The standard InChI is InChI=1S/C6H13O9P.Ba/c7-1-2(8)4-5(15-16(11,12)13)3(9)6(10)14-4;/h2-10H,1H2,(H2,11,12,13);/q;+2/p-2/t2-,3-,4-,5-,6?;/m1./s1. The molecule has 0 aromatic heterocycles. The summed E-state index contributed by atoms with van der Waals surface area (Å²) in [6.45, 7) is -0.814. The van der Waals surface area contributed by atoms with Crippen molar-refractivity contribution in [2.45, 2.75) is 30.7 Å². The molecule has 0 aromatic rings. The van der Waals surface area contributed by atoms with E-state index in [1.54, 1.807) is 0 Å². The Hall–Kier alpha value is 1.48. The SMILES string of the molecule is O=P([O-])([O-])O[C@H]1[C@@H]([C@H](O)CO)OC(O)[C@@H]1O.[Ba+2]. The first kappa shape index (κ1) is 18.5. The minimum absolute atomic E-state index is 0. The van der Waals surface area contributed by atoms with E-state index in [2.05, 4.69) is 9.26 Å². The van der Waals surface area contributed by atoms with Gasteiger partial charge in [0.15, 0.2) is 6.29 Å². The largest absolute Gasteiger partial charge is 2.00 e. The van der Waals surface area contributed by atoms with Crippen LogP contribution in [0.2, 0.25) is 0 Å². The first-order valence-corrected chi connectivity index (χ1v) is 5.73. The Morgan fingerprint density at radius 1 is 1.41 bits per heavy atom. The minimum Gasteiger partial charge on any atom is -0.790 e. The molecule has 0 saturated carbocycles. The van der Waals surface area contributed by atoms with Crippen molar-refractivity contribution in [3.05, 3.63) is 0 Å². The summed E-state index contributed by atoms with van der Waals surface area (Å²) in [7, 11) is -5.41. The molecule has 0 spiro atoms. The minimum atomic E-state index is -5.41. The zero-order valence-corrected chi connectivity index (χ0v) is 13.9. The molecule has 1 rings (SSSR count). The third kappa shape index (κ3) is 5.17. The van der Waals surface area contributed by atoms with Crippen LogP contribution in [0.1, 0.15) is 0 Å². The molecule has 5 atom stereocenters. The van der Waals surface area contributed by atoms with E-state index in [0.717, 1.165) is 0 Å². The van der Waals surface area contributed by atoms with Gasteiger partial charge in [0, 0.05) is 0 Å². The predicted octanol–water partition coefficient (Wildman–Crippen LogP) is -4.75. The van der Waals surface area contributed by atoms with E-state index in [1.165, 1.54) is 0 Å². The van der Waals surface area contributed by atoms with Gasteiger partial charge in [-0.3, -0.25) is 0 Å². The maximum absolute atomic E-state index is 10.4. The van der Waals surface area contributed by atoms with E-state index in [0.29, 0.717) is 0 Å². The van der Waals surface area contributed by atoms with Crippen LogP contribution in [0.3, 0.4) is 0 Å². The molecular weight excluding hydrogens is 384 g/mol. The van der Waals surface area contributed by atoms with E-state index < -0.39 is 45.1 Å². The number of hydrogen-bond donors (Lipinski definition) is 4. The van der Waals surface area contributed by atoms with E-state index in [-0.39, 0.29) is 48.9 Å². The van der Waals surface area contributed by atoms with Crippen molar-refractivity contribution in [3.63, 3.8) is 0 Å². The molecule has 11 heteroatoms. The Kier molecular flexibility index (Phi) is 7.95. The van der Waals surface area contributed by atoms with Crippen LogP contribution in [-0.2, 0) is 13.8 Å². The van der Waals surface area contributed by atoms with Crippen LogP contribution in [-0.4, -0.2) is 107 Å². The molecule has 0 amide bonds. The Morgan fingerprint density at radius 3 is 2.35 bits per heavy atom. The van der Waals surface area contributed by atoms with Gasteiger partial charge in [-0.1, -0.05) is 0 Å². The van der Waals surface area contributed by atoms with Crippen LogP contribution in [0.4, 0.5) is 0 Å². The summed E-state index contributed by atoms with van der Waals surface area (Å²) in [5.74, 6) is 0. The van der Waals surface area contributed by atoms with E-state index in [1.807, 2.05) is 0 Å². The van der Waals surface area contributed by atoms with Crippen molar-refractivity contribution in [2.75, 3.05) is 6.61 Å². The number of phosphoric ester groups is 1. The Bertz CT molecular complexity index is 283. The summed E-state index contributed by atoms with van der Waals surface area (Å²) >= 11 is 0. The van der Waals surface area contributed by atoms with E-state index >= 15 is 0 Å². The van der Waals surface area contributed by atoms with Crippen LogP contribution in [0.15, 0.2) is 0 Å². The zero-order chi connectivity index (χ0) is 12.5. The molecule has 17 heavy (non-hydrogen) atoms. The van der Waals surface area contributed by atoms with Crippen LogP contribution in [0, 0.1) is 0 Å². The van der Waals surface area contributed by atoms with E-state index in [4.69, 9.17) is 10.2 Å². The molecule has 96 valence electrons. The van der Waals surface area contributed by atoms with Gasteiger partial charge in [-0.2, -0.15) is 0 Å². The maximum atomic E-state index is 10.4. The summed E-state index contributed by atoms with van der Waals surface area (Å²) in [5, 5.41) is 36.1. The van der Waals surface area contributed by atoms with Gasteiger partial charge < -0.3 is 44.0 Å². The molecule has 4 N–H and O–H groups in total. The number of phosphoric acid groups is 1. The van der Waals surface area contributed by atoms with Gasteiger partial charge in [0.05, 0.1) is 14.4 Å². The second kappa shape index (κ2) is 7.31. The molecule has 0 radical (unpaired) electrons. The number of rotatable bonds is 4. The summed E-state index contributed by atoms with van der Waals surface area (Å²) in [5.41, 5.74) is 0. The fourth-order valence-electron chi connectivity index (χ4n) is 1.36. The van der Waals surface area contributed by atoms with Gasteiger partial charge in [0.2, 0.25) is 0 Å². The third-order valence-corrected chi connectivity index (χ3v) is 2.57. The third-order valence-electron chi connectivity index (χ3n) is 2.07. The predicted molar refractivity (Wildman–Crippen MR) is 48.2 cm³/mol. The Morgan fingerprint density at radius 2 is 1.94 bits per heavy atom. The van der Waals surface area contributed by atoms with Gasteiger partial charge in [0.25, 0.3) is 0 Å². The van der Waals surface area contributed by atoms with Crippen molar-refractivity contribution < 1.29 is 44.0 Å². The summed E-state index contributed by atoms with van der Waals surface area (Å²) in [6, 6.07) is 0. The molecular formula is C6H11BaO9P. The molecule has 1 aliphatic rings. The fraction of sp³-hybridized carbons (Fsp3) is 1.00. The molecule has 1 unspecified atom stereocenters. The molecule has 1 aliphatic heterocycles. The van der Waals surface area contributed by atoms with Crippen molar-refractivity contribution in [2.24, 2.45) is 0 Å². The average molecular weight is 395 g/mol. The molecule has 1 fully saturated rings. The van der Waals surface area contributed by atoms with Crippen molar-refractivity contribution in [1.82, 2.24) is 0 Å². The molecule has 1 heterocycles. The first-order valence-electron chi connectivity index (χ1n) is 4.27. The van der Waals surface area contributed by atoms with Gasteiger partial charge in [-0.15, -0.1) is 0 Å². The van der Waals surface area contributed by atoms with Crippen molar-refractivity contribution >= 4 is 56.7 Å². The second-order valence-corrected chi connectivity index (χ2v) is 4.35. The molecule has 1 saturated heterocycles. The normalized spacial score (nSPS) is 35.4. The quantitative estimate of drug-likeness (QED) is 0.270. The Balaban J connectivity index is 0.00000256. The topological polar surface area (TPSA) is 163 Å². The monoisotopic (exact) mass is 396 g/mol. The van der Waals surface area contributed by atoms with Gasteiger partial charge >= 0.3 is 48.9 Å². The molecule has 9 nitrogen and oxygen atoms in total. The fourth-order valence-corrected chi connectivity index (χ4v) is 1.90. The summed E-state index contributed by atoms with van der Waals surface area (Å²) in [6.07, 6.45) is -8.46. The second-order valence-electron chi connectivity index (χ2n) is 3.25. The van der Waals surface area contributed by atoms with Crippen LogP contribution >= 0.6 is 7.82 Å². The zero-order valence-electron chi connectivity index (χ0n) is 8.58. The van der Waals surface area contributed by atoms with Gasteiger partial charge in [-0.05, 0) is 0 Å². The Labute approximate surface area is 137 Å². The number of ether oxygens (including phenoxy) is 1. The van der Waals surface area contributed by atoms with Crippen LogP contribution < -0.4 is 9.79 Å². The van der Waals surface area contributed by atoms with E-state index in [9.17, 15) is 24.6 Å². The van der Waals surface area contributed by atoms with Crippen molar-refractivity contribution in [1.29, 1.82) is 0 Å². The number of aliphatic hydroxyl groups is 4. The first-order chi connectivity index (χ1) is 7.26.